The second kappa shape index (κ2) is 7.14. The van der Waals surface area contributed by atoms with Gasteiger partial charge in [-0.2, -0.15) is 5.10 Å². The molecule has 4 heterocycles. The molecule has 0 radical (unpaired) electrons. The molecule has 0 saturated carbocycles. The molecule has 0 atom stereocenters. The number of nitrogens with two attached hydrogens (primary N) is 1. The van der Waals surface area contributed by atoms with E-state index in [1.165, 1.54) is 5.69 Å². The molecule has 3 N–H and O–H groups in total. The summed E-state index contributed by atoms with van der Waals surface area (Å²) in [5.74, 6) is -0.364. The van der Waals surface area contributed by atoms with Crippen molar-refractivity contribution in [3.63, 3.8) is 0 Å². The maximum atomic E-state index is 11.7. The normalized spacial score (nSPS) is 15.3. The number of carbonyl (C=O) groups excluding carboxylic acids is 1. The highest BCUT2D eigenvalue weighted by Crippen LogP contribution is 2.32. The second-order valence-corrected chi connectivity index (χ2v) is 8.08. The number of anilines is 1. The van der Waals surface area contributed by atoms with E-state index in [4.69, 9.17) is 10.7 Å². The third-order valence-electron chi connectivity index (χ3n) is 5.85. The zero-order valence-electron chi connectivity index (χ0n) is 17.2. The van der Waals surface area contributed by atoms with Gasteiger partial charge in [0.2, 0.25) is 5.91 Å². The van der Waals surface area contributed by atoms with Gasteiger partial charge >= 0.3 is 0 Å². The number of nitrogens with one attached hydrogen (secondary N) is 1. The van der Waals surface area contributed by atoms with Gasteiger partial charge in [0, 0.05) is 56.1 Å². The fourth-order valence-electron chi connectivity index (χ4n) is 4.20. The van der Waals surface area contributed by atoms with Crippen molar-refractivity contribution in [2.45, 2.75) is 6.42 Å². The zero-order valence-corrected chi connectivity index (χ0v) is 17.2. The minimum Gasteiger partial charge on any atom is -0.369 e. The number of aromatic nitrogens is 4. The van der Waals surface area contributed by atoms with E-state index in [1.54, 1.807) is 10.9 Å². The van der Waals surface area contributed by atoms with Crippen LogP contribution in [0.25, 0.3) is 33.2 Å². The number of benzene rings is 1. The van der Waals surface area contributed by atoms with Gasteiger partial charge in [0.25, 0.3) is 0 Å². The van der Waals surface area contributed by atoms with Crippen molar-refractivity contribution in [3.8, 4) is 11.3 Å². The maximum absolute atomic E-state index is 11.7. The first-order valence-corrected chi connectivity index (χ1v) is 10.1. The lowest BCUT2D eigenvalue weighted by atomic mass is 10.1. The Labute approximate surface area is 174 Å². The third kappa shape index (κ3) is 3.29. The van der Waals surface area contributed by atoms with Gasteiger partial charge in [-0.25, -0.2) is 4.98 Å². The molecule has 4 aromatic rings. The molecule has 8 heteroatoms. The van der Waals surface area contributed by atoms with E-state index in [9.17, 15) is 4.79 Å². The number of hydrogen-bond donors (Lipinski definition) is 2. The lowest BCUT2D eigenvalue weighted by molar-refractivity contribution is -0.117. The maximum Gasteiger partial charge on any atom is 0.221 e. The molecule has 0 unspecified atom stereocenters. The summed E-state index contributed by atoms with van der Waals surface area (Å²) in [5.41, 5.74) is 12.0. The Morgan fingerprint density at radius 3 is 2.67 bits per heavy atom. The number of nitrogens with zero attached hydrogens (tertiary/aromatic N) is 5. The molecular weight excluding hydrogens is 378 g/mol. The first-order chi connectivity index (χ1) is 14.5. The van der Waals surface area contributed by atoms with Gasteiger partial charge in [-0.1, -0.05) is 0 Å². The van der Waals surface area contributed by atoms with Crippen molar-refractivity contribution in [2.75, 3.05) is 38.1 Å². The van der Waals surface area contributed by atoms with Crippen molar-refractivity contribution in [2.24, 2.45) is 12.8 Å². The molecular formula is C22H25N7O. The predicted molar refractivity (Wildman–Crippen MR) is 118 cm³/mol. The molecule has 8 nitrogen and oxygen atoms in total. The lowest BCUT2D eigenvalue weighted by Crippen LogP contribution is -2.44. The number of rotatable bonds is 4. The fraction of sp³-hybridized carbons (Fsp3) is 0.318. The van der Waals surface area contributed by atoms with E-state index < -0.39 is 0 Å². The van der Waals surface area contributed by atoms with Crippen LogP contribution in [0.5, 0.6) is 0 Å². The Kier molecular flexibility index (Phi) is 4.43. The van der Waals surface area contributed by atoms with Crippen molar-refractivity contribution in [3.05, 3.63) is 42.2 Å². The number of piperazine rings is 1. The van der Waals surface area contributed by atoms with E-state index in [0.29, 0.717) is 0 Å². The van der Waals surface area contributed by atoms with Gasteiger partial charge in [0.1, 0.15) is 0 Å². The Bertz CT molecular complexity index is 1250. The van der Waals surface area contributed by atoms with Crippen LogP contribution in [0, 0.1) is 0 Å². The molecule has 0 bridgehead atoms. The molecule has 1 aromatic carbocycles. The predicted octanol–water partition coefficient (Wildman–Crippen LogP) is 1.90. The van der Waals surface area contributed by atoms with Crippen molar-refractivity contribution < 1.29 is 4.79 Å². The van der Waals surface area contributed by atoms with Gasteiger partial charge in [-0.15, -0.1) is 0 Å². The first kappa shape index (κ1) is 18.6. The van der Waals surface area contributed by atoms with Gasteiger partial charge in [-0.05, 0) is 36.9 Å². The first-order valence-electron chi connectivity index (χ1n) is 10.1. The molecule has 1 amide bonds. The number of hydrogen-bond acceptors (Lipinski definition) is 5. The number of carbonyl (C=O) groups is 1. The topological polar surface area (TPSA) is 96.1 Å². The Morgan fingerprint density at radius 1 is 1.17 bits per heavy atom. The molecule has 1 aliphatic heterocycles. The molecule has 3 aromatic heterocycles. The van der Waals surface area contributed by atoms with Crippen LogP contribution < -0.4 is 10.6 Å². The number of aryl methyl sites for hydroxylation is 1. The Balaban J connectivity index is 1.64. The monoisotopic (exact) mass is 403 g/mol. The number of H-pyrrole nitrogens is 1. The van der Waals surface area contributed by atoms with Crippen LogP contribution in [-0.2, 0) is 18.3 Å². The Hall–Kier alpha value is -3.39. The molecule has 1 fully saturated rings. The van der Waals surface area contributed by atoms with Crippen molar-refractivity contribution >= 4 is 33.5 Å². The number of primary amides is 1. The molecule has 30 heavy (non-hydrogen) atoms. The molecule has 154 valence electrons. The molecule has 5 rings (SSSR count). The van der Waals surface area contributed by atoms with Crippen LogP contribution in [0.3, 0.4) is 0 Å². The van der Waals surface area contributed by atoms with Gasteiger partial charge < -0.3 is 20.5 Å². The van der Waals surface area contributed by atoms with Gasteiger partial charge in [0.05, 0.1) is 34.9 Å². The van der Waals surface area contributed by atoms with E-state index in [0.717, 1.165) is 64.9 Å². The van der Waals surface area contributed by atoms with Gasteiger partial charge in [-0.3, -0.25) is 9.48 Å². The van der Waals surface area contributed by atoms with Gasteiger partial charge in [0.15, 0.2) is 0 Å². The summed E-state index contributed by atoms with van der Waals surface area (Å²) >= 11 is 0. The number of fused-ring (bicyclic) bond motifs is 3. The number of pyridine rings is 1. The molecule has 0 aliphatic carbocycles. The fourth-order valence-corrected chi connectivity index (χ4v) is 4.20. The van der Waals surface area contributed by atoms with Crippen LogP contribution in [0.15, 0.2) is 36.7 Å². The van der Waals surface area contributed by atoms with E-state index >= 15 is 0 Å². The minimum atomic E-state index is -0.364. The quantitative estimate of drug-likeness (QED) is 0.543. The van der Waals surface area contributed by atoms with Crippen molar-refractivity contribution in [1.29, 1.82) is 0 Å². The summed E-state index contributed by atoms with van der Waals surface area (Å²) < 4.78 is 1.74. The average Bonchev–Trinajstić information content (AvgIpc) is 3.31. The van der Waals surface area contributed by atoms with Crippen LogP contribution in [-0.4, -0.2) is 63.8 Å². The highest BCUT2D eigenvalue weighted by Gasteiger charge is 2.18. The van der Waals surface area contributed by atoms with E-state index in [-0.39, 0.29) is 12.3 Å². The second-order valence-electron chi connectivity index (χ2n) is 8.08. The number of amides is 1. The SMILES string of the molecule is CN1CCN(c2ccc3c(c2)[nH]c2c(CC(N)=O)cc(-c4cnn(C)c4)nc23)CC1. The van der Waals surface area contributed by atoms with E-state index in [1.807, 2.05) is 19.3 Å². The summed E-state index contributed by atoms with van der Waals surface area (Å²) in [6, 6.07) is 8.39. The highest BCUT2D eigenvalue weighted by molar-refractivity contribution is 6.08. The minimum absolute atomic E-state index is 0.157. The summed E-state index contributed by atoms with van der Waals surface area (Å²) in [6.07, 6.45) is 3.86. The third-order valence-corrected chi connectivity index (χ3v) is 5.85. The average molecular weight is 403 g/mol. The zero-order chi connectivity index (χ0) is 20.8. The summed E-state index contributed by atoms with van der Waals surface area (Å²) in [5, 5.41) is 5.29. The summed E-state index contributed by atoms with van der Waals surface area (Å²) in [6.45, 7) is 4.14. The van der Waals surface area contributed by atoms with Crippen LogP contribution in [0.1, 0.15) is 5.56 Å². The van der Waals surface area contributed by atoms with Crippen molar-refractivity contribution in [1.82, 2.24) is 24.6 Å². The van der Waals surface area contributed by atoms with E-state index in [2.05, 4.69) is 45.1 Å². The smallest absolute Gasteiger partial charge is 0.221 e. The van der Waals surface area contributed by atoms with Crippen LogP contribution in [0.4, 0.5) is 5.69 Å². The van der Waals surface area contributed by atoms with Crippen LogP contribution >= 0.6 is 0 Å². The molecule has 0 spiro atoms. The van der Waals surface area contributed by atoms with Crippen LogP contribution in [0.2, 0.25) is 0 Å². The standard InChI is InChI=1S/C22H25N7O/c1-27-5-7-29(8-6-27)16-3-4-17-19(11-16)26-21-14(10-20(23)30)9-18(25-22(17)21)15-12-24-28(2)13-15/h3-4,9,11-13,26H,5-8,10H2,1-2H3,(H2,23,30). The molecule has 1 aliphatic rings. The highest BCUT2D eigenvalue weighted by atomic mass is 16.1. The molecule has 1 saturated heterocycles. The number of likely N-dealkylation sites (N-methyl/N-ethyl adjacent to an activating group) is 1. The lowest BCUT2D eigenvalue weighted by Gasteiger charge is -2.34. The number of aromatic amines is 1. The summed E-state index contributed by atoms with van der Waals surface area (Å²) in [7, 11) is 4.03. The largest absolute Gasteiger partial charge is 0.369 e. The Morgan fingerprint density at radius 2 is 1.97 bits per heavy atom. The summed E-state index contributed by atoms with van der Waals surface area (Å²) in [4.78, 5) is 24.9.